The summed E-state index contributed by atoms with van der Waals surface area (Å²) in [6, 6.07) is 0. The lowest BCUT2D eigenvalue weighted by atomic mass is 9.64. The minimum atomic E-state index is 0.0404. The molecule has 3 aliphatic rings. The van der Waals surface area contributed by atoms with E-state index in [-0.39, 0.29) is 5.60 Å². The highest BCUT2D eigenvalue weighted by Gasteiger charge is 2.63. The van der Waals surface area contributed by atoms with E-state index in [9.17, 15) is 0 Å². The van der Waals surface area contributed by atoms with E-state index >= 15 is 0 Å². The van der Waals surface area contributed by atoms with E-state index in [1.165, 1.54) is 53.5 Å². The van der Waals surface area contributed by atoms with Crippen LogP contribution in [0.4, 0.5) is 0 Å². The highest BCUT2D eigenvalue weighted by atomic mass is 16.6. The number of ether oxygens (including phenoxy) is 1. The number of fused-ring (bicyclic) bond motifs is 1. The Morgan fingerprint density at radius 1 is 0.683 bits per heavy atom. The molecular weight excluding hydrogens is 496 g/mol. The van der Waals surface area contributed by atoms with Gasteiger partial charge in [0.1, 0.15) is 0 Å². The van der Waals surface area contributed by atoms with Crippen LogP contribution in [0.2, 0.25) is 0 Å². The molecule has 0 spiro atoms. The fourth-order valence-corrected chi connectivity index (χ4v) is 6.60. The van der Waals surface area contributed by atoms with Crippen molar-refractivity contribution >= 4 is 0 Å². The molecule has 41 heavy (non-hydrogen) atoms. The van der Waals surface area contributed by atoms with Crippen LogP contribution in [0.1, 0.15) is 94.9 Å². The molecule has 4 atom stereocenters. The summed E-state index contributed by atoms with van der Waals surface area (Å²) in [7, 11) is 0. The molecule has 1 saturated carbocycles. The van der Waals surface area contributed by atoms with Gasteiger partial charge in [-0.3, -0.25) is 0 Å². The molecular formula is C40H56O. The van der Waals surface area contributed by atoms with Gasteiger partial charge in [-0.15, -0.1) is 0 Å². The summed E-state index contributed by atoms with van der Waals surface area (Å²) in [4.78, 5) is 0. The number of hydrogen-bond acceptors (Lipinski definition) is 1. The van der Waals surface area contributed by atoms with Crippen molar-refractivity contribution in [1.82, 2.24) is 0 Å². The van der Waals surface area contributed by atoms with Crippen LogP contribution >= 0.6 is 0 Å². The number of epoxide rings is 1. The second-order valence-corrected chi connectivity index (χ2v) is 14.2. The van der Waals surface area contributed by atoms with Gasteiger partial charge in [-0.05, 0) is 78.1 Å². The molecule has 3 rings (SSSR count). The fraction of sp³-hybridized carbons (Fsp3) is 0.500. The van der Waals surface area contributed by atoms with Crippen molar-refractivity contribution in [3.8, 4) is 0 Å². The quantitative estimate of drug-likeness (QED) is 0.149. The van der Waals surface area contributed by atoms with Gasteiger partial charge in [-0.2, -0.15) is 0 Å². The maximum Gasteiger partial charge on any atom is 0.0987 e. The monoisotopic (exact) mass is 552 g/mol. The van der Waals surface area contributed by atoms with Crippen LogP contribution in [0, 0.1) is 22.7 Å². The third kappa shape index (κ3) is 9.44. The van der Waals surface area contributed by atoms with Crippen molar-refractivity contribution in [2.75, 3.05) is 0 Å². The molecule has 1 nitrogen and oxygen atoms in total. The van der Waals surface area contributed by atoms with Crippen molar-refractivity contribution in [3.05, 3.63) is 119 Å². The smallest absolute Gasteiger partial charge is 0.0987 e. The highest BCUT2D eigenvalue weighted by Crippen LogP contribution is 2.58. The normalized spacial score (nSPS) is 31.2. The van der Waals surface area contributed by atoms with Gasteiger partial charge in [-0.1, -0.05) is 147 Å². The van der Waals surface area contributed by atoms with Gasteiger partial charge >= 0.3 is 0 Å². The lowest BCUT2D eigenvalue weighted by Gasteiger charge is -2.38. The summed E-state index contributed by atoms with van der Waals surface area (Å²) in [5.41, 5.74) is 7.17. The summed E-state index contributed by atoms with van der Waals surface area (Å²) in [5.74, 6) is 0.999. The zero-order valence-electron chi connectivity index (χ0n) is 27.6. The van der Waals surface area contributed by atoms with Crippen LogP contribution in [0.25, 0.3) is 0 Å². The molecule has 0 aromatic carbocycles. The predicted molar refractivity (Wildman–Crippen MR) is 181 cm³/mol. The third-order valence-electron chi connectivity index (χ3n) is 9.45. The zero-order chi connectivity index (χ0) is 30.3. The number of hydrogen-bond donors (Lipinski definition) is 0. The van der Waals surface area contributed by atoms with Gasteiger partial charge in [0.2, 0.25) is 0 Å². The van der Waals surface area contributed by atoms with Crippen molar-refractivity contribution < 1.29 is 4.74 Å². The molecule has 0 aromatic rings. The van der Waals surface area contributed by atoms with E-state index in [2.05, 4.69) is 160 Å². The molecule has 0 aromatic heterocycles. The SMILES string of the molecule is CC1=CCCC(C)(C)[C@H]1/C=C/C(C)=C/C=C/C(C)=C/C=C/C=C(C)/C=C/C=C(C)/C=C/[C@@H]1C(C)(C)CC[C@@H]2O[C@@]21C. The Morgan fingerprint density at radius 3 is 1.76 bits per heavy atom. The average molecular weight is 553 g/mol. The minimum absolute atomic E-state index is 0.0404. The Labute approximate surface area is 252 Å². The molecule has 222 valence electrons. The number of allylic oxidation sites excluding steroid dienone is 19. The van der Waals surface area contributed by atoms with Gasteiger partial charge in [0.15, 0.2) is 0 Å². The minimum Gasteiger partial charge on any atom is -0.366 e. The topological polar surface area (TPSA) is 12.5 Å². The van der Waals surface area contributed by atoms with E-state index in [0.717, 1.165) is 0 Å². The van der Waals surface area contributed by atoms with Crippen LogP contribution in [0.15, 0.2) is 119 Å². The predicted octanol–water partition coefficient (Wildman–Crippen LogP) is 11.5. The van der Waals surface area contributed by atoms with Gasteiger partial charge in [0.05, 0.1) is 11.7 Å². The molecule has 0 amide bonds. The first kappa shape index (κ1) is 32.9. The summed E-state index contributed by atoms with van der Waals surface area (Å²) in [6.45, 7) is 22.7. The maximum absolute atomic E-state index is 6.07. The largest absolute Gasteiger partial charge is 0.366 e. The van der Waals surface area contributed by atoms with Gasteiger partial charge < -0.3 is 4.74 Å². The molecule has 1 heteroatoms. The van der Waals surface area contributed by atoms with Crippen LogP contribution in [-0.2, 0) is 4.74 Å². The average Bonchev–Trinajstić information content (AvgIpc) is 3.56. The molecule has 2 fully saturated rings. The van der Waals surface area contributed by atoms with E-state index in [0.29, 0.717) is 28.8 Å². The first-order valence-corrected chi connectivity index (χ1v) is 15.7. The second kappa shape index (κ2) is 14.0. The molecule has 2 aliphatic carbocycles. The van der Waals surface area contributed by atoms with E-state index < -0.39 is 0 Å². The van der Waals surface area contributed by atoms with Crippen LogP contribution in [0.5, 0.6) is 0 Å². The Morgan fingerprint density at radius 2 is 1.20 bits per heavy atom. The Balaban J connectivity index is 1.47. The standard InChI is InChI=1S/C40H56O/c1-30(18-13-20-32(3)23-25-35-34(5)22-15-28-38(35,6)7)16-11-12-17-31(2)19-14-21-33(4)24-26-36-39(8,9)29-27-37-40(36,10)41-37/h11-14,16-26,35-37H,15,27-29H2,1-10H3/b12-11+,18-13+,19-14+,25-23+,26-24+,30-16+,31-17+,32-20+,33-21+/t35-,36+,37-,40+/m0/s1. The Kier molecular flexibility index (Phi) is 11.2. The van der Waals surface area contributed by atoms with Crippen LogP contribution in [-0.4, -0.2) is 11.7 Å². The second-order valence-electron chi connectivity index (χ2n) is 14.2. The van der Waals surface area contributed by atoms with Crippen molar-refractivity contribution in [2.24, 2.45) is 22.7 Å². The van der Waals surface area contributed by atoms with Gasteiger partial charge in [0, 0.05) is 11.8 Å². The van der Waals surface area contributed by atoms with Gasteiger partial charge in [-0.25, -0.2) is 0 Å². The van der Waals surface area contributed by atoms with Crippen molar-refractivity contribution in [3.63, 3.8) is 0 Å². The molecule has 0 N–H and O–H groups in total. The van der Waals surface area contributed by atoms with Crippen molar-refractivity contribution in [1.29, 1.82) is 0 Å². The maximum atomic E-state index is 6.07. The Hall–Kier alpha value is -2.64. The van der Waals surface area contributed by atoms with Gasteiger partial charge in [0.25, 0.3) is 0 Å². The van der Waals surface area contributed by atoms with Crippen LogP contribution in [0.3, 0.4) is 0 Å². The molecule has 1 heterocycles. The first-order valence-electron chi connectivity index (χ1n) is 15.7. The van der Waals surface area contributed by atoms with Crippen LogP contribution < -0.4 is 0 Å². The summed E-state index contributed by atoms with van der Waals surface area (Å²) in [5, 5.41) is 0. The Bertz CT molecular complexity index is 1220. The lowest BCUT2D eigenvalue weighted by Crippen LogP contribution is -2.39. The fourth-order valence-electron chi connectivity index (χ4n) is 6.60. The lowest BCUT2D eigenvalue weighted by molar-refractivity contribution is 0.136. The van der Waals surface area contributed by atoms with E-state index in [1.807, 2.05) is 0 Å². The summed E-state index contributed by atoms with van der Waals surface area (Å²) in [6.07, 6.45) is 38.6. The third-order valence-corrected chi connectivity index (χ3v) is 9.45. The molecule has 0 radical (unpaired) electrons. The van der Waals surface area contributed by atoms with E-state index in [1.54, 1.807) is 0 Å². The summed E-state index contributed by atoms with van der Waals surface area (Å²) >= 11 is 0. The first-order chi connectivity index (χ1) is 19.2. The number of rotatable bonds is 10. The molecule has 0 unspecified atom stereocenters. The highest BCUT2D eigenvalue weighted by molar-refractivity contribution is 5.33. The van der Waals surface area contributed by atoms with E-state index in [4.69, 9.17) is 4.74 Å². The van der Waals surface area contributed by atoms with Crippen molar-refractivity contribution in [2.45, 2.75) is 107 Å². The molecule has 0 bridgehead atoms. The summed E-state index contributed by atoms with van der Waals surface area (Å²) < 4.78 is 6.07. The molecule has 1 saturated heterocycles. The molecule has 1 aliphatic heterocycles. The zero-order valence-corrected chi connectivity index (χ0v) is 27.6.